The third-order valence-corrected chi connectivity index (χ3v) is 4.40. The van der Waals surface area contributed by atoms with E-state index in [4.69, 9.17) is 0 Å². The van der Waals surface area contributed by atoms with E-state index in [9.17, 15) is 5.11 Å². The molecule has 2 rings (SSSR count). The zero-order chi connectivity index (χ0) is 11.3. The highest BCUT2D eigenvalue weighted by Crippen LogP contribution is 2.28. The molecule has 2 N–H and O–H groups in total. The minimum Gasteiger partial charge on any atom is -0.389 e. The Morgan fingerprint density at radius 3 is 2.25 bits per heavy atom. The van der Waals surface area contributed by atoms with E-state index in [0.717, 1.165) is 31.8 Å². The summed E-state index contributed by atoms with van der Waals surface area (Å²) in [6.07, 6.45) is 12.8. The van der Waals surface area contributed by atoms with Gasteiger partial charge >= 0.3 is 0 Å². The van der Waals surface area contributed by atoms with E-state index in [1.807, 2.05) is 0 Å². The van der Waals surface area contributed by atoms with Crippen molar-refractivity contribution >= 4 is 0 Å². The molecule has 0 saturated heterocycles. The standard InChI is InChI=1S/C14H27NO/c16-14(9-5-2-6-10-14)12-15-11-13-7-3-1-4-8-13/h13,15-16H,1-12H2. The maximum absolute atomic E-state index is 10.3. The molecule has 0 spiro atoms. The summed E-state index contributed by atoms with van der Waals surface area (Å²) < 4.78 is 0. The number of nitrogens with one attached hydrogen (secondary N) is 1. The van der Waals surface area contributed by atoms with Gasteiger partial charge in [-0.3, -0.25) is 0 Å². The van der Waals surface area contributed by atoms with Gasteiger partial charge in [-0.15, -0.1) is 0 Å². The Labute approximate surface area is 99.8 Å². The van der Waals surface area contributed by atoms with Crippen LogP contribution in [0.4, 0.5) is 0 Å². The number of hydrogen-bond acceptors (Lipinski definition) is 2. The Balaban J connectivity index is 1.62. The minimum atomic E-state index is -0.382. The average Bonchev–Trinajstić information content (AvgIpc) is 2.31. The van der Waals surface area contributed by atoms with Crippen LogP contribution in [-0.4, -0.2) is 23.8 Å². The van der Waals surface area contributed by atoms with E-state index in [0.29, 0.717) is 0 Å². The highest BCUT2D eigenvalue weighted by atomic mass is 16.3. The summed E-state index contributed by atoms with van der Waals surface area (Å²) in [5.74, 6) is 0.876. The van der Waals surface area contributed by atoms with Gasteiger partial charge in [-0.2, -0.15) is 0 Å². The molecule has 2 heteroatoms. The van der Waals surface area contributed by atoms with E-state index in [-0.39, 0.29) is 5.60 Å². The van der Waals surface area contributed by atoms with Gasteiger partial charge in [0.1, 0.15) is 0 Å². The second-order valence-electron chi connectivity index (χ2n) is 5.92. The van der Waals surface area contributed by atoms with Crippen molar-refractivity contribution < 1.29 is 5.11 Å². The molecule has 0 atom stereocenters. The molecule has 2 nitrogen and oxygen atoms in total. The molecule has 0 bridgehead atoms. The van der Waals surface area contributed by atoms with Crippen molar-refractivity contribution in [3.05, 3.63) is 0 Å². The van der Waals surface area contributed by atoms with Crippen molar-refractivity contribution in [1.29, 1.82) is 0 Å². The lowest BCUT2D eigenvalue weighted by molar-refractivity contribution is 0.00405. The second-order valence-corrected chi connectivity index (χ2v) is 5.92. The lowest BCUT2D eigenvalue weighted by Crippen LogP contribution is -2.43. The van der Waals surface area contributed by atoms with Gasteiger partial charge in [-0.25, -0.2) is 0 Å². The predicted octanol–water partition coefficient (Wildman–Crippen LogP) is 2.85. The molecular formula is C14H27NO. The van der Waals surface area contributed by atoms with Crippen LogP contribution in [0.1, 0.15) is 64.2 Å². The molecular weight excluding hydrogens is 198 g/mol. The predicted molar refractivity (Wildman–Crippen MR) is 67.5 cm³/mol. The van der Waals surface area contributed by atoms with Crippen molar-refractivity contribution in [2.75, 3.05) is 13.1 Å². The fourth-order valence-corrected chi connectivity index (χ4v) is 3.29. The van der Waals surface area contributed by atoms with Crippen molar-refractivity contribution in [3.63, 3.8) is 0 Å². The quantitative estimate of drug-likeness (QED) is 0.771. The zero-order valence-corrected chi connectivity index (χ0v) is 10.5. The smallest absolute Gasteiger partial charge is 0.0771 e. The topological polar surface area (TPSA) is 32.3 Å². The fourth-order valence-electron chi connectivity index (χ4n) is 3.29. The summed E-state index contributed by atoms with van der Waals surface area (Å²) in [4.78, 5) is 0. The van der Waals surface area contributed by atoms with Crippen LogP contribution < -0.4 is 5.32 Å². The molecule has 0 aromatic rings. The van der Waals surface area contributed by atoms with E-state index in [1.54, 1.807) is 0 Å². The first-order valence-electron chi connectivity index (χ1n) is 7.22. The molecule has 0 aromatic carbocycles. The molecule has 2 fully saturated rings. The summed E-state index contributed by atoms with van der Waals surface area (Å²) in [6, 6.07) is 0. The Kier molecular flexibility index (Phi) is 4.66. The molecule has 0 aliphatic heterocycles. The molecule has 0 heterocycles. The van der Waals surface area contributed by atoms with Gasteiger partial charge in [0, 0.05) is 6.54 Å². The fraction of sp³-hybridized carbons (Fsp3) is 1.00. The van der Waals surface area contributed by atoms with Gasteiger partial charge in [0.25, 0.3) is 0 Å². The first-order valence-corrected chi connectivity index (χ1v) is 7.22. The SMILES string of the molecule is OC1(CNCC2CCCCC2)CCCCC1. The maximum atomic E-state index is 10.3. The first kappa shape index (κ1) is 12.4. The van der Waals surface area contributed by atoms with Crippen LogP contribution in [0.25, 0.3) is 0 Å². The summed E-state index contributed by atoms with van der Waals surface area (Å²) in [5, 5.41) is 13.9. The highest BCUT2D eigenvalue weighted by Gasteiger charge is 2.28. The highest BCUT2D eigenvalue weighted by molar-refractivity contribution is 4.84. The number of hydrogen-bond donors (Lipinski definition) is 2. The molecule has 2 aliphatic carbocycles. The van der Waals surface area contributed by atoms with Crippen LogP contribution in [0.15, 0.2) is 0 Å². The molecule has 94 valence electrons. The normalized spacial score (nSPS) is 26.8. The van der Waals surface area contributed by atoms with Crippen molar-refractivity contribution in [1.82, 2.24) is 5.32 Å². The van der Waals surface area contributed by atoms with Gasteiger partial charge in [0.2, 0.25) is 0 Å². The van der Waals surface area contributed by atoms with E-state index in [1.165, 1.54) is 51.4 Å². The Morgan fingerprint density at radius 2 is 1.56 bits per heavy atom. The van der Waals surface area contributed by atoms with Gasteiger partial charge < -0.3 is 10.4 Å². The van der Waals surface area contributed by atoms with Crippen LogP contribution in [0, 0.1) is 5.92 Å². The van der Waals surface area contributed by atoms with Crippen LogP contribution in [0.3, 0.4) is 0 Å². The van der Waals surface area contributed by atoms with Gasteiger partial charge in [-0.05, 0) is 38.1 Å². The molecule has 2 saturated carbocycles. The lowest BCUT2D eigenvalue weighted by Gasteiger charge is -2.33. The zero-order valence-electron chi connectivity index (χ0n) is 10.5. The Morgan fingerprint density at radius 1 is 0.938 bits per heavy atom. The molecule has 2 aliphatic rings. The molecule has 0 aromatic heterocycles. The van der Waals surface area contributed by atoms with Crippen molar-refractivity contribution in [2.45, 2.75) is 69.8 Å². The van der Waals surface area contributed by atoms with Crippen LogP contribution in [-0.2, 0) is 0 Å². The van der Waals surface area contributed by atoms with E-state index >= 15 is 0 Å². The Hall–Kier alpha value is -0.0800. The van der Waals surface area contributed by atoms with Gasteiger partial charge in [0.15, 0.2) is 0 Å². The van der Waals surface area contributed by atoms with Crippen molar-refractivity contribution in [3.8, 4) is 0 Å². The summed E-state index contributed by atoms with van der Waals surface area (Å²) in [7, 11) is 0. The van der Waals surface area contributed by atoms with Crippen LogP contribution >= 0.6 is 0 Å². The van der Waals surface area contributed by atoms with Crippen molar-refractivity contribution in [2.24, 2.45) is 5.92 Å². The molecule has 0 unspecified atom stereocenters. The summed E-state index contributed by atoms with van der Waals surface area (Å²) in [6.45, 7) is 1.95. The van der Waals surface area contributed by atoms with Gasteiger partial charge in [-0.1, -0.05) is 38.5 Å². The van der Waals surface area contributed by atoms with E-state index < -0.39 is 0 Å². The molecule has 16 heavy (non-hydrogen) atoms. The van der Waals surface area contributed by atoms with E-state index in [2.05, 4.69) is 5.32 Å². The van der Waals surface area contributed by atoms with Gasteiger partial charge in [0.05, 0.1) is 5.60 Å². The molecule has 0 radical (unpaired) electrons. The third kappa shape index (κ3) is 3.74. The number of aliphatic hydroxyl groups is 1. The Bertz CT molecular complexity index is 193. The lowest BCUT2D eigenvalue weighted by atomic mass is 9.84. The third-order valence-electron chi connectivity index (χ3n) is 4.40. The van der Waals surface area contributed by atoms with Crippen LogP contribution in [0.2, 0.25) is 0 Å². The minimum absolute atomic E-state index is 0.382. The second kappa shape index (κ2) is 6.02. The number of rotatable bonds is 4. The summed E-state index contributed by atoms with van der Waals surface area (Å²) in [5.41, 5.74) is -0.382. The average molecular weight is 225 g/mol. The first-order chi connectivity index (χ1) is 7.79. The maximum Gasteiger partial charge on any atom is 0.0771 e. The summed E-state index contributed by atoms with van der Waals surface area (Å²) >= 11 is 0. The monoisotopic (exact) mass is 225 g/mol. The largest absolute Gasteiger partial charge is 0.389 e. The molecule has 0 amide bonds. The van der Waals surface area contributed by atoms with Crippen LogP contribution in [0.5, 0.6) is 0 Å².